The van der Waals surface area contributed by atoms with Crippen LogP contribution in [0, 0.1) is 5.41 Å². The number of carbonyl (C=O) groups excluding carboxylic acids is 2. The van der Waals surface area contributed by atoms with Crippen molar-refractivity contribution in [1.82, 2.24) is 4.98 Å². The van der Waals surface area contributed by atoms with Crippen molar-refractivity contribution in [2.75, 3.05) is 0 Å². The Labute approximate surface area is 78.2 Å². The van der Waals surface area contributed by atoms with Gasteiger partial charge in [-0.3, -0.25) is 0 Å². The molecule has 0 amide bonds. The maximum atomic E-state index is 10.5. The number of isocyanates is 1. The summed E-state index contributed by atoms with van der Waals surface area (Å²) in [6.45, 7) is 3.24. The van der Waals surface area contributed by atoms with Crippen LogP contribution in [0.3, 0.4) is 0 Å². The number of esters is 1. The van der Waals surface area contributed by atoms with Crippen LogP contribution in [0.2, 0.25) is 0 Å². The van der Waals surface area contributed by atoms with Crippen molar-refractivity contribution in [3.05, 3.63) is 24.2 Å². The number of thiazole rings is 1. The summed E-state index contributed by atoms with van der Waals surface area (Å²) in [5.74, 6) is -0.477. The number of rotatable bonds is 2. The second kappa shape index (κ2) is 6.90. The standard InChI is InChI=1S/C6H5NO2S.CHNO/c1-2-5(8)9-6-7-3-4-10-6;2-1-3/h2-4H,1H2;2H. The highest BCUT2D eigenvalue weighted by atomic mass is 32.1. The van der Waals surface area contributed by atoms with E-state index >= 15 is 0 Å². The highest BCUT2D eigenvalue weighted by molar-refractivity contribution is 7.11. The number of hydrogen-bond donors (Lipinski definition) is 1. The summed E-state index contributed by atoms with van der Waals surface area (Å²) in [5, 5.41) is 7.48. The molecule has 5 nitrogen and oxygen atoms in total. The third kappa shape index (κ3) is 5.49. The average Bonchev–Trinajstić information content (AvgIpc) is 2.58. The van der Waals surface area contributed by atoms with Crippen molar-refractivity contribution in [1.29, 1.82) is 5.41 Å². The van der Waals surface area contributed by atoms with Crippen molar-refractivity contribution in [2.45, 2.75) is 0 Å². The van der Waals surface area contributed by atoms with Crippen LogP contribution in [0.25, 0.3) is 0 Å². The Morgan fingerprint density at radius 1 is 1.85 bits per heavy atom. The number of nitrogens with one attached hydrogen (secondary N) is 1. The summed E-state index contributed by atoms with van der Waals surface area (Å²) >= 11 is 1.26. The van der Waals surface area contributed by atoms with Crippen LogP contribution in [-0.4, -0.2) is 17.0 Å². The summed E-state index contributed by atoms with van der Waals surface area (Å²) in [7, 11) is 0. The van der Waals surface area contributed by atoms with E-state index in [-0.39, 0.29) is 0 Å². The quantitative estimate of drug-likeness (QED) is 0.334. The molecule has 1 rings (SSSR count). The molecule has 0 unspecified atom stereocenters. The van der Waals surface area contributed by atoms with Crippen LogP contribution in [0.1, 0.15) is 0 Å². The van der Waals surface area contributed by atoms with E-state index in [2.05, 4.69) is 16.3 Å². The van der Waals surface area contributed by atoms with Gasteiger partial charge in [-0.1, -0.05) is 17.9 Å². The minimum Gasteiger partial charge on any atom is -0.395 e. The molecule has 1 aromatic rings. The van der Waals surface area contributed by atoms with E-state index in [0.29, 0.717) is 5.19 Å². The molecular formula is C7H6N2O3S. The van der Waals surface area contributed by atoms with Gasteiger partial charge < -0.3 is 4.74 Å². The van der Waals surface area contributed by atoms with E-state index < -0.39 is 5.97 Å². The molecule has 13 heavy (non-hydrogen) atoms. The van der Waals surface area contributed by atoms with Gasteiger partial charge in [0.05, 0.1) is 0 Å². The molecule has 0 atom stereocenters. The van der Waals surface area contributed by atoms with Crippen LogP contribution < -0.4 is 4.74 Å². The fourth-order valence-corrected chi connectivity index (χ4v) is 0.879. The van der Waals surface area contributed by atoms with Gasteiger partial charge in [0.2, 0.25) is 6.08 Å². The van der Waals surface area contributed by atoms with Crippen molar-refractivity contribution in [2.24, 2.45) is 0 Å². The predicted molar refractivity (Wildman–Crippen MR) is 46.4 cm³/mol. The second-order valence-corrected chi connectivity index (χ2v) is 2.38. The first-order valence-corrected chi connectivity index (χ1v) is 3.90. The number of carbonyl (C=O) groups is 1. The lowest BCUT2D eigenvalue weighted by Gasteiger charge is -1.91. The van der Waals surface area contributed by atoms with E-state index in [1.54, 1.807) is 11.6 Å². The third-order valence-electron chi connectivity index (χ3n) is 0.764. The smallest absolute Gasteiger partial charge is 0.337 e. The molecule has 68 valence electrons. The molecule has 0 saturated heterocycles. The second-order valence-electron chi connectivity index (χ2n) is 1.53. The molecule has 6 heteroatoms. The van der Waals surface area contributed by atoms with Gasteiger partial charge in [-0.15, -0.1) is 0 Å². The van der Waals surface area contributed by atoms with Crippen molar-refractivity contribution in [3.8, 4) is 5.19 Å². The Hall–Kier alpha value is -1.78. The van der Waals surface area contributed by atoms with E-state index in [1.807, 2.05) is 0 Å². The van der Waals surface area contributed by atoms with Gasteiger partial charge in [0, 0.05) is 17.7 Å². The van der Waals surface area contributed by atoms with Crippen LogP contribution in [-0.2, 0) is 9.59 Å². The largest absolute Gasteiger partial charge is 0.395 e. The topological polar surface area (TPSA) is 80.1 Å². The minimum absolute atomic E-state index is 0.352. The zero-order chi connectivity index (χ0) is 10.1. The Bertz CT molecular complexity index is 302. The molecule has 0 radical (unpaired) electrons. The Morgan fingerprint density at radius 2 is 2.46 bits per heavy atom. The van der Waals surface area contributed by atoms with Gasteiger partial charge in [0.15, 0.2) is 0 Å². The van der Waals surface area contributed by atoms with Gasteiger partial charge in [-0.05, 0) is 0 Å². The molecule has 0 aliphatic heterocycles. The van der Waals surface area contributed by atoms with E-state index in [9.17, 15) is 4.79 Å². The molecule has 0 aliphatic rings. The highest BCUT2D eigenvalue weighted by Crippen LogP contribution is 2.13. The Kier molecular flexibility index (Phi) is 5.96. The average molecular weight is 198 g/mol. The van der Waals surface area contributed by atoms with Crippen LogP contribution in [0.4, 0.5) is 0 Å². The monoisotopic (exact) mass is 198 g/mol. The lowest BCUT2D eigenvalue weighted by molar-refractivity contribution is -0.128. The van der Waals surface area contributed by atoms with E-state index in [4.69, 9.17) is 10.2 Å². The van der Waals surface area contributed by atoms with E-state index in [1.165, 1.54) is 11.3 Å². The summed E-state index contributed by atoms with van der Waals surface area (Å²) < 4.78 is 4.65. The fourth-order valence-electron chi connectivity index (χ4n) is 0.388. The number of hydrogen-bond acceptors (Lipinski definition) is 6. The van der Waals surface area contributed by atoms with Gasteiger partial charge in [0.25, 0.3) is 5.19 Å². The third-order valence-corrected chi connectivity index (χ3v) is 1.41. The maximum absolute atomic E-state index is 10.5. The normalized spacial score (nSPS) is 7.38. The molecular weight excluding hydrogens is 192 g/mol. The zero-order valence-corrected chi connectivity index (χ0v) is 7.34. The molecule has 0 aromatic carbocycles. The Balaban J connectivity index is 0.000000424. The highest BCUT2D eigenvalue weighted by Gasteiger charge is 1.99. The van der Waals surface area contributed by atoms with E-state index in [0.717, 1.165) is 12.2 Å². The lowest BCUT2D eigenvalue weighted by atomic mass is 10.7. The summed E-state index contributed by atoms with van der Waals surface area (Å²) in [4.78, 5) is 22.6. The van der Waals surface area contributed by atoms with Crippen LogP contribution >= 0.6 is 11.3 Å². The maximum Gasteiger partial charge on any atom is 0.337 e. The number of aromatic nitrogens is 1. The number of ether oxygens (including phenoxy) is 1. The molecule has 1 aromatic heterocycles. The molecule has 0 spiro atoms. The zero-order valence-electron chi connectivity index (χ0n) is 6.52. The first kappa shape index (κ1) is 11.2. The molecule has 1 heterocycles. The number of nitrogens with zero attached hydrogens (tertiary/aromatic N) is 1. The molecule has 0 bridgehead atoms. The summed E-state index contributed by atoms with van der Waals surface area (Å²) in [6, 6.07) is 0. The molecule has 0 saturated carbocycles. The summed E-state index contributed by atoms with van der Waals surface area (Å²) in [5.41, 5.74) is 0. The minimum atomic E-state index is -0.477. The Morgan fingerprint density at radius 3 is 2.85 bits per heavy atom. The van der Waals surface area contributed by atoms with Crippen LogP contribution in [0.15, 0.2) is 24.2 Å². The van der Waals surface area contributed by atoms with Gasteiger partial charge in [-0.25, -0.2) is 20.0 Å². The summed E-state index contributed by atoms with van der Waals surface area (Å²) in [6.07, 6.45) is 3.41. The molecule has 1 N–H and O–H groups in total. The first-order chi connectivity index (χ1) is 6.24. The SMILES string of the molecule is C=CC(=O)Oc1nccs1.N=C=O. The first-order valence-electron chi connectivity index (χ1n) is 3.02. The fraction of sp³-hybridized carbons (Fsp3) is 0. The van der Waals surface area contributed by atoms with Crippen molar-refractivity contribution < 1.29 is 14.3 Å². The van der Waals surface area contributed by atoms with Crippen molar-refractivity contribution >= 4 is 23.4 Å². The van der Waals surface area contributed by atoms with Crippen LogP contribution in [0.5, 0.6) is 5.19 Å². The molecule has 0 fully saturated rings. The lowest BCUT2D eigenvalue weighted by Crippen LogP contribution is -2.02. The van der Waals surface area contributed by atoms with Gasteiger partial charge in [-0.2, -0.15) is 0 Å². The molecule has 0 aliphatic carbocycles. The van der Waals surface area contributed by atoms with Gasteiger partial charge in [0.1, 0.15) is 0 Å². The van der Waals surface area contributed by atoms with Gasteiger partial charge >= 0.3 is 5.97 Å². The predicted octanol–water partition coefficient (Wildman–Crippen LogP) is 1.14. The van der Waals surface area contributed by atoms with Crippen molar-refractivity contribution in [3.63, 3.8) is 0 Å².